The van der Waals surface area contributed by atoms with E-state index in [2.05, 4.69) is 0 Å². The van der Waals surface area contributed by atoms with Crippen LogP contribution in [0, 0.1) is 20.8 Å². The number of aliphatic carboxylic acids is 1. The number of rotatable bonds is 4. The maximum Gasteiger partial charge on any atom is 0.328 e. The second-order valence-corrected chi connectivity index (χ2v) is 5.00. The molecule has 0 spiro atoms. The zero-order chi connectivity index (χ0) is 15.4. The summed E-state index contributed by atoms with van der Waals surface area (Å²) < 4.78 is 5.99. The first-order valence-corrected chi connectivity index (χ1v) is 6.73. The molecule has 0 unspecified atom stereocenters. The summed E-state index contributed by atoms with van der Waals surface area (Å²) in [6, 6.07) is 11.6. The van der Waals surface area contributed by atoms with Crippen LogP contribution in [0.5, 0.6) is 11.5 Å². The van der Waals surface area contributed by atoms with Crippen LogP contribution in [-0.2, 0) is 4.79 Å². The van der Waals surface area contributed by atoms with Crippen LogP contribution in [0.15, 0.2) is 42.5 Å². The molecule has 0 aromatic heterocycles. The van der Waals surface area contributed by atoms with E-state index in [0.29, 0.717) is 0 Å². The lowest BCUT2D eigenvalue weighted by molar-refractivity contribution is -0.131. The molecular formula is C18H18O3. The third-order valence-electron chi connectivity index (χ3n) is 3.41. The Kier molecular flexibility index (Phi) is 4.43. The molecule has 0 radical (unpaired) electrons. The van der Waals surface area contributed by atoms with Crippen LogP contribution in [-0.4, -0.2) is 11.1 Å². The molecule has 21 heavy (non-hydrogen) atoms. The average molecular weight is 282 g/mol. The molecule has 2 rings (SSSR count). The van der Waals surface area contributed by atoms with E-state index in [1.54, 1.807) is 6.08 Å². The Morgan fingerprint density at radius 3 is 2.52 bits per heavy atom. The lowest BCUT2D eigenvalue weighted by Crippen LogP contribution is -1.92. The smallest absolute Gasteiger partial charge is 0.328 e. The lowest BCUT2D eigenvalue weighted by Gasteiger charge is -2.13. The standard InChI is InChI=1S/C18H18O3/c1-12-5-4-6-16(14(12)3)21-17-11-15(8-7-13(17)2)9-10-18(19)20/h4-11H,1-3H3,(H,19,20)/b10-9+. The number of carboxylic acids is 1. The van der Waals surface area contributed by atoms with Crippen LogP contribution in [0.4, 0.5) is 0 Å². The molecule has 0 heterocycles. The maximum atomic E-state index is 10.6. The summed E-state index contributed by atoms with van der Waals surface area (Å²) in [5.74, 6) is 0.585. The Morgan fingerprint density at radius 1 is 1.05 bits per heavy atom. The van der Waals surface area contributed by atoms with E-state index in [1.165, 1.54) is 5.56 Å². The molecule has 108 valence electrons. The lowest BCUT2D eigenvalue weighted by atomic mass is 10.1. The van der Waals surface area contributed by atoms with Crippen molar-refractivity contribution in [2.75, 3.05) is 0 Å². The predicted molar refractivity (Wildman–Crippen MR) is 83.8 cm³/mol. The summed E-state index contributed by atoms with van der Waals surface area (Å²) in [4.78, 5) is 10.6. The van der Waals surface area contributed by atoms with Gasteiger partial charge in [-0.1, -0.05) is 24.3 Å². The van der Waals surface area contributed by atoms with E-state index in [4.69, 9.17) is 9.84 Å². The van der Waals surface area contributed by atoms with Crippen molar-refractivity contribution in [3.63, 3.8) is 0 Å². The third kappa shape index (κ3) is 3.72. The fourth-order valence-corrected chi connectivity index (χ4v) is 1.95. The molecule has 3 heteroatoms. The first kappa shape index (κ1) is 14.9. The number of aryl methyl sites for hydroxylation is 2. The Morgan fingerprint density at radius 2 is 1.81 bits per heavy atom. The SMILES string of the molecule is Cc1ccc(/C=C/C(=O)O)cc1Oc1cccc(C)c1C. The molecule has 0 saturated heterocycles. The number of hydrogen-bond acceptors (Lipinski definition) is 2. The number of carbonyl (C=O) groups is 1. The van der Waals surface area contributed by atoms with Crippen molar-refractivity contribution in [1.29, 1.82) is 0 Å². The highest BCUT2D eigenvalue weighted by Crippen LogP contribution is 2.30. The fraction of sp³-hybridized carbons (Fsp3) is 0.167. The quantitative estimate of drug-likeness (QED) is 0.840. The minimum atomic E-state index is -0.965. The van der Waals surface area contributed by atoms with E-state index in [0.717, 1.165) is 34.3 Å². The molecule has 2 aromatic carbocycles. The number of ether oxygens (including phenoxy) is 1. The summed E-state index contributed by atoms with van der Waals surface area (Å²) in [6.45, 7) is 6.03. The molecule has 2 aromatic rings. The van der Waals surface area contributed by atoms with Crippen LogP contribution in [0.25, 0.3) is 6.08 Å². The highest BCUT2D eigenvalue weighted by Gasteiger charge is 2.06. The minimum absolute atomic E-state index is 0.733. The van der Waals surface area contributed by atoms with Crippen LogP contribution in [0.1, 0.15) is 22.3 Å². The molecule has 0 amide bonds. The minimum Gasteiger partial charge on any atom is -0.478 e. The van der Waals surface area contributed by atoms with Gasteiger partial charge in [0.25, 0.3) is 0 Å². The van der Waals surface area contributed by atoms with Gasteiger partial charge in [-0.15, -0.1) is 0 Å². The van der Waals surface area contributed by atoms with Gasteiger partial charge in [0.05, 0.1) is 0 Å². The molecule has 0 aliphatic heterocycles. The van der Waals surface area contributed by atoms with E-state index < -0.39 is 5.97 Å². The summed E-state index contributed by atoms with van der Waals surface area (Å²) in [5, 5.41) is 8.68. The van der Waals surface area contributed by atoms with Gasteiger partial charge >= 0.3 is 5.97 Å². The van der Waals surface area contributed by atoms with Crippen LogP contribution < -0.4 is 4.74 Å². The normalized spacial score (nSPS) is 10.8. The molecule has 0 atom stereocenters. The Bertz CT molecular complexity index is 700. The molecule has 0 bridgehead atoms. The molecule has 0 fully saturated rings. The Balaban J connectivity index is 2.33. The van der Waals surface area contributed by atoms with Crippen LogP contribution >= 0.6 is 0 Å². The van der Waals surface area contributed by atoms with Crippen molar-refractivity contribution in [1.82, 2.24) is 0 Å². The van der Waals surface area contributed by atoms with Crippen molar-refractivity contribution >= 4 is 12.0 Å². The zero-order valence-corrected chi connectivity index (χ0v) is 12.4. The van der Waals surface area contributed by atoms with Gasteiger partial charge in [-0.25, -0.2) is 4.79 Å². The molecular weight excluding hydrogens is 264 g/mol. The summed E-state index contributed by atoms with van der Waals surface area (Å²) in [5.41, 5.74) is 4.07. The van der Waals surface area contributed by atoms with Crippen molar-refractivity contribution in [2.45, 2.75) is 20.8 Å². The molecule has 0 aliphatic rings. The predicted octanol–water partition coefficient (Wildman–Crippen LogP) is 4.50. The fourth-order valence-electron chi connectivity index (χ4n) is 1.95. The van der Waals surface area contributed by atoms with E-state index in [-0.39, 0.29) is 0 Å². The van der Waals surface area contributed by atoms with Crippen LogP contribution in [0.3, 0.4) is 0 Å². The van der Waals surface area contributed by atoms with Gasteiger partial charge in [-0.05, 0) is 61.2 Å². The van der Waals surface area contributed by atoms with Gasteiger partial charge in [0.2, 0.25) is 0 Å². The second kappa shape index (κ2) is 6.27. The number of carboxylic acid groups (broad SMARTS) is 1. The second-order valence-electron chi connectivity index (χ2n) is 5.00. The van der Waals surface area contributed by atoms with Gasteiger partial charge in [-0.2, -0.15) is 0 Å². The van der Waals surface area contributed by atoms with Crippen molar-refractivity contribution in [2.24, 2.45) is 0 Å². The van der Waals surface area contributed by atoms with E-state index in [1.807, 2.05) is 57.2 Å². The Labute approximate surface area is 124 Å². The molecule has 0 saturated carbocycles. The molecule has 0 aliphatic carbocycles. The number of benzene rings is 2. The highest BCUT2D eigenvalue weighted by atomic mass is 16.5. The van der Waals surface area contributed by atoms with Gasteiger partial charge in [0.15, 0.2) is 0 Å². The third-order valence-corrected chi connectivity index (χ3v) is 3.41. The van der Waals surface area contributed by atoms with Crippen LogP contribution in [0.2, 0.25) is 0 Å². The first-order chi connectivity index (χ1) is 9.97. The largest absolute Gasteiger partial charge is 0.478 e. The van der Waals surface area contributed by atoms with Gasteiger partial charge < -0.3 is 9.84 Å². The van der Waals surface area contributed by atoms with Gasteiger partial charge in [-0.3, -0.25) is 0 Å². The van der Waals surface area contributed by atoms with Crippen molar-refractivity contribution < 1.29 is 14.6 Å². The van der Waals surface area contributed by atoms with Crippen molar-refractivity contribution in [3.05, 3.63) is 64.7 Å². The topological polar surface area (TPSA) is 46.5 Å². The number of hydrogen-bond donors (Lipinski definition) is 1. The highest BCUT2D eigenvalue weighted by molar-refractivity contribution is 5.85. The summed E-state index contributed by atoms with van der Waals surface area (Å²) in [6.07, 6.45) is 2.67. The maximum absolute atomic E-state index is 10.6. The van der Waals surface area contributed by atoms with Gasteiger partial charge in [0, 0.05) is 6.08 Å². The molecule has 1 N–H and O–H groups in total. The van der Waals surface area contributed by atoms with E-state index in [9.17, 15) is 4.79 Å². The summed E-state index contributed by atoms with van der Waals surface area (Å²) >= 11 is 0. The average Bonchev–Trinajstić information content (AvgIpc) is 2.44. The van der Waals surface area contributed by atoms with Gasteiger partial charge in [0.1, 0.15) is 11.5 Å². The monoisotopic (exact) mass is 282 g/mol. The van der Waals surface area contributed by atoms with Crippen molar-refractivity contribution in [3.8, 4) is 11.5 Å². The zero-order valence-electron chi connectivity index (χ0n) is 12.4. The molecule has 3 nitrogen and oxygen atoms in total. The van der Waals surface area contributed by atoms with E-state index >= 15 is 0 Å². The summed E-state index contributed by atoms with van der Waals surface area (Å²) in [7, 11) is 0. The first-order valence-electron chi connectivity index (χ1n) is 6.73. The Hall–Kier alpha value is -2.55.